The Hall–Kier alpha value is 0.890. The predicted molar refractivity (Wildman–Crippen MR) is 66.1 cm³/mol. The highest BCUT2D eigenvalue weighted by atomic mass is 127. The molecular formula is C7H13I2NO2. The van der Waals surface area contributed by atoms with Crippen LogP contribution in [0.3, 0.4) is 0 Å². The number of alkyl halides is 2. The molecule has 1 N–H and O–H groups in total. The lowest BCUT2D eigenvalue weighted by atomic mass is 10.1. The fraction of sp³-hybridized carbons (Fsp3) is 0.857. The van der Waals surface area contributed by atoms with Crippen LogP contribution < -0.4 is 0 Å². The Morgan fingerprint density at radius 1 is 1.42 bits per heavy atom. The van der Waals surface area contributed by atoms with E-state index in [-0.39, 0.29) is 13.9 Å². The molecule has 0 radical (unpaired) electrons. The lowest BCUT2D eigenvalue weighted by molar-refractivity contribution is -0.141. The summed E-state index contributed by atoms with van der Waals surface area (Å²) in [4.78, 5) is 12.7. The van der Waals surface area contributed by atoms with E-state index in [1.807, 2.05) is 19.0 Å². The van der Waals surface area contributed by atoms with Crippen LogP contribution in [-0.4, -0.2) is 38.0 Å². The lowest BCUT2D eigenvalue weighted by Crippen LogP contribution is -2.36. The fourth-order valence-corrected chi connectivity index (χ4v) is 2.23. The molecule has 0 amide bonds. The van der Waals surface area contributed by atoms with Gasteiger partial charge < -0.3 is 5.11 Å². The van der Waals surface area contributed by atoms with Gasteiger partial charge in [0.15, 0.2) is 0 Å². The van der Waals surface area contributed by atoms with E-state index in [2.05, 4.69) is 45.2 Å². The number of hydrogen-bond acceptors (Lipinski definition) is 2. The van der Waals surface area contributed by atoms with Crippen LogP contribution in [0.4, 0.5) is 0 Å². The topological polar surface area (TPSA) is 40.5 Å². The van der Waals surface area contributed by atoms with Crippen molar-refractivity contribution in [2.24, 2.45) is 5.92 Å². The Morgan fingerprint density at radius 2 is 1.83 bits per heavy atom. The third-order valence-electron chi connectivity index (χ3n) is 1.62. The highest BCUT2D eigenvalue weighted by Gasteiger charge is 2.28. The van der Waals surface area contributed by atoms with Crippen molar-refractivity contribution in [3.63, 3.8) is 0 Å². The van der Waals surface area contributed by atoms with Gasteiger partial charge in [-0.25, -0.2) is 0 Å². The summed E-state index contributed by atoms with van der Waals surface area (Å²) >= 11 is 4.46. The molecule has 0 aliphatic rings. The Labute approximate surface area is 100 Å². The predicted octanol–water partition coefficient (Wildman–Crippen LogP) is 1.83. The zero-order chi connectivity index (χ0) is 9.89. The summed E-state index contributed by atoms with van der Waals surface area (Å²) in [7, 11) is 3.91. The van der Waals surface area contributed by atoms with E-state index in [0.29, 0.717) is 0 Å². The molecule has 0 aromatic carbocycles. The van der Waals surface area contributed by atoms with Crippen molar-refractivity contribution in [2.75, 3.05) is 14.1 Å². The molecule has 0 saturated carbocycles. The summed E-state index contributed by atoms with van der Waals surface area (Å²) in [5, 5.41) is 8.76. The Kier molecular flexibility index (Phi) is 6.00. The number of rotatable bonds is 4. The normalized spacial score (nSPS) is 18.8. The molecule has 0 aromatic heterocycles. The van der Waals surface area contributed by atoms with Crippen LogP contribution in [0.15, 0.2) is 0 Å². The first-order valence-corrected chi connectivity index (χ1v) is 6.04. The number of carboxylic acids is 1. The molecule has 3 nitrogen and oxygen atoms in total. The van der Waals surface area contributed by atoms with Gasteiger partial charge in [-0.15, -0.1) is 0 Å². The second-order valence-electron chi connectivity index (χ2n) is 2.91. The van der Waals surface area contributed by atoms with Crippen molar-refractivity contribution in [3.8, 4) is 0 Å². The minimum Gasteiger partial charge on any atom is -0.481 e. The van der Waals surface area contributed by atoms with Crippen molar-refractivity contribution in [3.05, 3.63) is 0 Å². The van der Waals surface area contributed by atoms with Crippen molar-refractivity contribution >= 4 is 51.2 Å². The number of aliphatic carboxylic acids is 1. The average molecular weight is 397 g/mol. The summed E-state index contributed by atoms with van der Waals surface area (Å²) in [6.45, 7) is 1.74. The minimum atomic E-state index is -0.724. The van der Waals surface area contributed by atoms with Crippen LogP contribution in [0, 0.1) is 5.92 Å². The number of carboxylic acid groups (broad SMARTS) is 1. The fourth-order valence-electron chi connectivity index (χ4n) is 0.659. The maximum Gasteiger partial charge on any atom is 0.307 e. The van der Waals surface area contributed by atoms with Crippen molar-refractivity contribution in [1.29, 1.82) is 0 Å². The Bertz CT molecular complexity index is 163. The summed E-state index contributed by atoms with van der Waals surface area (Å²) in [5.74, 6) is -1.02. The van der Waals surface area contributed by atoms with Crippen LogP contribution in [0.2, 0.25) is 0 Å². The molecule has 5 heteroatoms. The van der Waals surface area contributed by atoms with Crippen molar-refractivity contribution in [1.82, 2.24) is 4.90 Å². The summed E-state index contributed by atoms with van der Waals surface area (Å²) in [6, 6.07) is 0. The smallest absolute Gasteiger partial charge is 0.307 e. The third-order valence-corrected chi connectivity index (χ3v) is 6.65. The van der Waals surface area contributed by atoms with E-state index in [1.165, 1.54) is 0 Å². The van der Waals surface area contributed by atoms with E-state index in [0.717, 1.165) is 0 Å². The molecule has 0 fully saturated rings. The first-order valence-electron chi connectivity index (χ1n) is 3.55. The van der Waals surface area contributed by atoms with Crippen molar-refractivity contribution < 1.29 is 9.90 Å². The first-order chi connectivity index (χ1) is 5.37. The van der Waals surface area contributed by atoms with Crippen LogP contribution in [0.25, 0.3) is 0 Å². The molecule has 12 heavy (non-hydrogen) atoms. The van der Waals surface area contributed by atoms with Gasteiger partial charge in [-0.1, -0.05) is 52.1 Å². The van der Waals surface area contributed by atoms with Crippen LogP contribution in [-0.2, 0) is 4.79 Å². The molecule has 0 aliphatic heterocycles. The molecule has 0 aliphatic carbocycles. The maximum atomic E-state index is 10.6. The largest absolute Gasteiger partial charge is 0.481 e. The monoisotopic (exact) mass is 397 g/mol. The lowest BCUT2D eigenvalue weighted by Gasteiger charge is -2.25. The Balaban J connectivity index is 4.18. The molecule has 0 aromatic rings. The number of halogens is 2. The second-order valence-corrected chi connectivity index (χ2v) is 5.62. The summed E-state index contributed by atoms with van der Waals surface area (Å²) in [5.41, 5.74) is 0. The molecule has 0 heterocycles. The molecule has 72 valence electrons. The van der Waals surface area contributed by atoms with E-state index in [1.54, 1.807) is 6.92 Å². The zero-order valence-electron chi connectivity index (χ0n) is 7.29. The van der Waals surface area contributed by atoms with Gasteiger partial charge >= 0.3 is 5.97 Å². The van der Waals surface area contributed by atoms with Crippen molar-refractivity contribution in [2.45, 2.75) is 14.9 Å². The van der Waals surface area contributed by atoms with Gasteiger partial charge in [0.25, 0.3) is 0 Å². The standard InChI is InChI=1S/C7H13I2NO2/c1-4(7(11)12)5(8)6(9)10(2)3/h4-6H,1-3H3,(H,11,12). The van der Waals surface area contributed by atoms with Crippen LogP contribution in [0.1, 0.15) is 6.92 Å². The minimum absolute atomic E-state index is 0.135. The van der Waals surface area contributed by atoms with Gasteiger partial charge in [0.2, 0.25) is 0 Å². The van der Waals surface area contributed by atoms with Gasteiger partial charge in [-0.3, -0.25) is 9.69 Å². The zero-order valence-corrected chi connectivity index (χ0v) is 11.6. The third kappa shape index (κ3) is 3.73. The van der Waals surface area contributed by atoms with Gasteiger partial charge in [0.1, 0.15) is 0 Å². The second kappa shape index (κ2) is 5.58. The molecule has 0 bridgehead atoms. The number of hydrogen-bond donors (Lipinski definition) is 1. The number of nitrogens with zero attached hydrogens (tertiary/aromatic N) is 1. The van der Waals surface area contributed by atoms with E-state index < -0.39 is 5.97 Å². The first kappa shape index (κ1) is 12.9. The molecule has 0 saturated heterocycles. The quantitative estimate of drug-likeness (QED) is 0.448. The maximum absolute atomic E-state index is 10.6. The van der Waals surface area contributed by atoms with Gasteiger partial charge in [0.05, 0.1) is 9.97 Å². The summed E-state index contributed by atoms with van der Waals surface area (Å²) < 4.78 is 0.394. The van der Waals surface area contributed by atoms with Gasteiger partial charge in [-0.05, 0) is 14.1 Å². The summed E-state index contributed by atoms with van der Waals surface area (Å²) in [6.07, 6.45) is 0. The van der Waals surface area contributed by atoms with E-state index in [9.17, 15) is 4.79 Å². The van der Waals surface area contributed by atoms with E-state index >= 15 is 0 Å². The van der Waals surface area contributed by atoms with E-state index in [4.69, 9.17) is 5.11 Å². The SMILES string of the molecule is CC(C(=O)O)C(I)C(I)N(C)C. The number of carbonyl (C=O) groups is 1. The van der Waals surface area contributed by atoms with Crippen LogP contribution >= 0.6 is 45.2 Å². The molecular weight excluding hydrogens is 384 g/mol. The average Bonchev–Trinajstić information content (AvgIpc) is 2.00. The van der Waals surface area contributed by atoms with Gasteiger partial charge in [0, 0.05) is 3.92 Å². The highest BCUT2D eigenvalue weighted by Crippen LogP contribution is 2.24. The molecule has 0 spiro atoms. The van der Waals surface area contributed by atoms with Crippen LogP contribution in [0.5, 0.6) is 0 Å². The Morgan fingerprint density at radius 3 is 2.08 bits per heavy atom. The van der Waals surface area contributed by atoms with Gasteiger partial charge in [-0.2, -0.15) is 0 Å². The highest BCUT2D eigenvalue weighted by molar-refractivity contribution is 14.1. The molecule has 3 unspecified atom stereocenters. The molecule has 0 rings (SSSR count). The molecule has 3 atom stereocenters.